The molecule has 0 amide bonds. The van der Waals surface area contributed by atoms with Crippen molar-refractivity contribution in [3.63, 3.8) is 0 Å². The summed E-state index contributed by atoms with van der Waals surface area (Å²) in [4.78, 5) is 9.40. The van der Waals surface area contributed by atoms with Crippen molar-refractivity contribution in [3.05, 3.63) is 35.9 Å². The molecule has 2 atom stereocenters. The fourth-order valence-corrected chi connectivity index (χ4v) is 2.45. The number of piperidine rings is 1. The van der Waals surface area contributed by atoms with Gasteiger partial charge in [-0.2, -0.15) is 0 Å². The van der Waals surface area contributed by atoms with E-state index in [0.717, 1.165) is 19.4 Å². The minimum atomic E-state index is 0.347. The molecule has 0 aromatic heterocycles. The van der Waals surface area contributed by atoms with E-state index in [-0.39, 0.29) is 0 Å². The minimum absolute atomic E-state index is 0.347. The maximum Gasteiger partial charge on any atom is 0.293 e. The van der Waals surface area contributed by atoms with E-state index < -0.39 is 0 Å². The molecule has 1 aromatic carbocycles. The van der Waals surface area contributed by atoms with Crippen molar-refractivity contribution in [1.29, 1.82) is 0 Å². The summed E-state index contributed by atoms with van der Waals surface area (Å²) in [5.41, 5.74) is 1.35. The Labute approximate surface area is 144 Å². The van der Waals surface area contributed by atoms with Crippen LogP contribution in [-0.2, 0) is 23.7 Å². The van der Waals surface area contributed by atoms with E-state index in [0.29, 0.717) is 45.0 Å². The molecule has 0 aliphatic carbocycles. The van der Waals surface area contributed by atoms with Gasteiger partial charge in [-0.15, -0.1) is 0 Å². The lowest BCUT2D eigenvalue weighted by atomic mass is 9.95. The SMILES string of the molecule is COCCOC=O.COCCO[C@H]1CCN[C@H](c2ccccc2)C1. The Morgan fingerprint density at radius 1 is 1.08 bits per heavy atom. The summed E-state index contributed by atoms with van der Waals surface area (Å²) in [6.45, 7) is 3.62. The molecule has 1 aromatic rings. The Balaban J connectivity index is 0.000000351. The molecule has 1 aliphatic heterocycles. The van der Waals surface area contributed by atoms with Crippen LogP contribution in [0.15, 0.2) is 30.3 Å². The monoisotopic (exact) mass is 339 g/mol. The number of hydrogen-bond donors (Lipinski definition) is 1. The second-order valence-corrected chi connectivity index (χ2v) is 5.39. The van der Waals surface area contributed by atoms with Gasteiger partial charge in [0.15, 0.2) is 0 Å². The van der Waals surface area contributed by atoms with Gasteiger partial charge in [0, 0.05) is 20.3 Å². The van der Waals surface area contributed by atoms with Gasteiger partial charge < -0.3 is 24.3 Å². The maximum atomic E-state index is 9.40. The molecule has 6 heteroatoms. The van der Waals surface area contributed by atoms with E-state index in [4.69, 9.17) is 9.47 Å². The third-order valence-electron chi connectivity index (χ3n) is 3.67. The first-order valence-electron chi connectivity index (χ1n) is 8.24. The molecule has 1 saturated heterocycles. The van der Waals surface area contributed by atoms with Gasteiger partial charge in [-0.25, -0.2) is 0 Å². The molecule has 0 saturated carbocycles. The number of methoxy groups -OCH3 is 2. The zero-order valence-corrected chi connectivity index (χ0v) is 14.6. The fourth-order valence-electron chi connectivity index (χ4n) is 2.45. The number of hydrogen-bond acceptors (Lipinski definition) is 6. The Hall–Kier alpha value is -1.47. The van der Waals surface area contributed by atoms with Gasteiger partial charge in [0.25, 0.3) is 6.47 Å². The van der Waals surface area contributed by atoms with Crippen molar-refractivity contribution in [2.75, 3.05) is 47.2 Å². The predicted octanol–water partition coefficient (Wildman–Crippen LogP) is 1.95. The number of benzene rings is 1. The van der Waals surface area contributed by atoms with Crippen LogP contribution >= 0.6 is 0 Å². The molecule has 1 aliphatic rings. The summed E-state index contributed by atoms with van der Waals surface area (Å²) in [6.07, 6.45) is 2.50. The smallest absolute Gasteiger partial charge is 0.293 e. The maximum absolute atomic E-state index is 9.40. The van der Waals surface area contributed by atoms with Gasteiger partial charge >= 0.3 is 0 Å². The summed E-state index contributed by atoms with van der Waals surface area (Å²) < 4.78 is 19.6. The van der Waals surface area contributed by atoms with Crippen molar-refractivity contribution < 1.29 is 23.7 Å². The van der Waals surface area contributed by atoms with Gasteiger partial charge in [-0.3, -0.25) is 4.79 Å². The number of carbonyl (C=O) groups excluding carboxylic acids is 1. The van der Waals surface area contributed by atoms with E-state index in [2.05, 4.69) is 45.1 Å². The third-order valence-corrected chi connectivity index (χ3v) is 3.67. The normalized spacial score (nSPS) is 19.9. The van der Waals surface area contributed by atoms with E-state index in [9.17, 15) is 4.79 Å². The second kappa shape index (κ2) is 13.9. The van der Waals surface area contributed by atoms with Gasteiger partial charge in [0.05, 0.1) is 25.9 Å². The highest BCUT2D eigenvalue weighted by Gasteiger charge is 2.22. The molecule has 0 bridgehead atoms. The lowest BCUT2D eigenvalue weighted by molar-refractivity contribution is -0.129. The topological polar surface area (TPSA) is 66.0 Å². The lowest BCUT2D eigenvalue weighted by Gasteiger charge is -2.30. The van der Waals surface area contributed by atoms with Gasteiger partial charge in [0.2, 0.25) is 0 Å². The largest absolute Gasteiger partial charge is 0.465 e. The van der Waals surface area contributed by atoms with Crippen LogP contribution in [0.25, 0.3) is 0 Å². The Morgan fingerprint density at radius 2 is 1.79 bits per heavy atom. The second-order valence-electron chi connectivity index (χ2n) is 5.39. The molecule has 2 rings (SSSR count). The molecule has 1 heterocycles. The van der Waals surface area contributed by atoms with E-state index in [1.165, 1.54) is 5.56 Å². The predicted molar refractivity (Wildman–Crippen MR) is 91.9 cm³/mol. The summed E-state index contributed by atoms with van der Waals surface area (Å²) in [7, 11) is 3.26. The van der Waals surface area contributed by atoms with Crippen LogP contribution in [-0.4, -0.2) is 59.8 Å². The Morgan fingerprint density at radius 3 is 2.46 bits per heavy atom. The lowest BCUT2D eigenvalue weighted by Crippen LogP contribution is -2.36. The van der Waals surface area contributed by atoms with E-state index >= 15 is 0 Å². The van der Waals surface area contributed by atoms with Gasteiger partial charge in [0.1, 0.15) is 6.61 Å². The van der Waals surface area contributed by atoms with Crippen molar-refractivity contribution >= 4 is 6.47 Å². The molecular weight excluding hydrogens is 310 g/mol. The molecule has 0 spiro atoms. The molecule has 6 nitrogen and oxygen atoms in total. The summed E-state index contributed by atoms with van der Waals surface area (Å²) in [6, 6.07) is 11.0. The van der Waals surface area contributed by atoms with Crippen LogP contribution in [0.5, 0.6) is 0 Å². The van der Waals surface area contributed by atoms with Crippen molar-refractivity contribution in [1.82, 2.24) is 5.32 Å². The summed E-state index contributed by atoms with van der Waals surface area (Å²) >= 11 is 0. The Kier molecular flexibility index (Phi) is 11.9. The van der Waals surface area contributed by atoms with Gasteiger partial charge in [-0.05, 0) is 24.9 Å². The first-order valence-corrected chi connectivity index (χ1v) is 8.24. The average molecular weight is 339 g/mol. The zero-order chi connectivity index (χ0) is 17.5. The summed E-state index contributed by atoms with van der Waals surface area (Å²) in [5, 5.41) is 3.54. The van der Waals surface area contributed by atoms with Gasteiger partial charge in [-0.1, -0.05) is 30.3 Å². The number of ether oxygens (including phenoxy) is 4. The molecule has 1 N–H and O–H groups in total. The molecule has 24 heavy (non-hydrogen) atoms. The highest BCUT2D eigenvalue weighted by molar-refractivity contribution is 5.36. The fraction of sp³-hybridized carbons (Fsp3) is 0.611. The first kappa shape index (κ1) is 20.6. The number of nitrogens with one attached hydrogen (secondary N) is 1. The van der Waals surface area contributed by atoms with Crippen LogP contribution in [0.4, 0.5) is 0 Å². The quantitative estimate of drug-likeness (QED) is 0.548. The molecule has 1 fully saturated rings. The standard InChI is InChI=1S/C14H21NO2.C4H8O3/c1-16-9-10-17-13-7-8-15-14(11-13)12-5-3-2-4-6-12;1-6-2-3-7-4-5/h2-6,13-15H,7-11H2,1H3;4H,2-3H2,1H3/t13-,14-;/m0./s1. The minimum Gasteiger partial charge on any atom is -0.465 e. The van der Waals surface area contributed by atoms with E-state index in [1.54, 1.807) is 14.2 Å². The van der Waals surface area contributed by atoms with E-state index in [1.807, 2.05) is 0 Å². The van der Waals surface area contributed by atoms with Crippen LogP contribution in [0.3, 0.4) is 0 Å². The van der Waals surface area contributed by atoms with Crippen molar-refractivity contribution in [2.45, 2.75) is 25.0 Å². The highest BCUT2D eigenvalue weighted by Crippen LogP contribution is 2.24. The van der Waals surface area contributed by atoms with Crippen LogP contribution in [0, 0.1) is 0 Å². The number of carbonyl (C=O) groups is 1. The molecular formula is C18H29NO5. The molecule has 0 unspecified atom stereocenters. The average Bonchev–Trinajstić information content (AvgIpc) is 2.64. The number of rotatable bonds is 9. The highest BCUT2D eigenvalue weighted by atomic mass is 16.5. The summed E-state index contributed by atoms with van der Waals surface area (Å²) in [5.74, 6) is 0. The Bertz CT molecular complexity index is 415. The molecule has 136 valence electrons. The third kappa shape index (κ3) is 8.98. The van der Waals surface area contributed by atoms with Crippen molar-refractivity contribution in [3.8, 4) is 0 Å². The van der Waals surface area contributed by atoms with Crippen LogP contribution < -0.4 is 5.32 Å². The van der Waals surface area contributed by atoms with Crippen LogP contribution in [0.2, 0.25) is 0 Å². The molecule has 0 radical (unpaired) electrons. The first-order chi connectivity index (χ1) is 11.8. The van der Waals surface area contributed by atoms with Crippen LogP contribution in [0.1, 0.15) is 24.4 Å². The zero-order valence-electron chi connectivity index (χ0n) is 14.6. The van der Waals surface area contributed by atoms with Crippen molar-refractivity contribution in [2.24, 2.45) is 0 Å².